The van der Waals surface area contributed by atoms with Crippen LogP contribution in [-0.4, -0.2) is 289 Å². The monoisotopic (exact) mass is 1130 g/mol. The highest BCUT2D eigenvalue weighted by Crippen LogP contribution is 2.31. The lowest BCUT2D eigenvalue weighted by molar-refractivity contribution is -0.329. The van der Waals surface area contributed by atoms with E-state index in [1.807, 2.05) is 0 Å². The summed E-state index contributed by atoms with van der Waals surface area (Å²) in [5.74, 6) is -19.1. The predicted octanol–water partition coefficient (Wildman–Crippen LogP) is -5.69. The topological polar surface area (TPSA) is 620 Å². The Labute approximate surface area is 434 Å². The van der Waals surface area contributed by atoms with Crippen molar-refractivity contribution in [2.45, 2.75) is 144 Å². The van der Waals surface area contributed by atoms with Crippen molar-refractivity contribution in [2.75, 3.05) is 46.2 Å². The van der Waals surface area contributed by atoms with Crippen molar-refractivity contribution in [1.82, 2.24) is 0 Å². The average Bonchev–Trinajstić information content (AvgIpc) is 3.40. The van der Waals surface area contributed by atoms with Crippen LogP contribution in [0.3, 0.4) is 0 Å². The zero-order valence-electron chi connectivity index (χ0n) is 40.3. The molecule has 3 heterocycles. The van der Waals surface area contributed by atoms with Gasteiger partial charge in [-0.05, 0) is 0 Å². The first-order valence-electron chi connectivity index (χ1n) is 22.9. The SMILES string of the molecule is OCCC1OC(O)/C(O)=C(/O)C(CCO)OC(O)/C(O)=C(\O)C(CCO)OC(O)/C(O)=C(\O)C(CCO)OC(O)/C(O)=C(/O)C(CCO)OC2OC(CO)C(OC(O)/C(O)=C(\O)C(CCO)OC(O)C(O)=C1O)C(O)C2O. The molecule has 35 nitrogen and oxygen atoms in total. The molecule has 0 aromatic rings. The Kier molecular flexibility index (Phi) is 29.1. The van der Waals surface area contributed by atoms with Crippen LogP contribution in [0.2, 0.25) is 0 Å². The highest BCUT2D eigenvalue weighted by Gasteiger charge is 2.48. The summed E-state index contributed by atoms with van der Waals surface area (Å²) in [6.45, 7) is -7.05. The average molecular weight is 1130 g/mol. The molecule has 0 aromatic carbocycles. The van der Waals surface area contributed by atoms with E-state index in [-0.39, 0.29) is 0 Å². The molecule has 0 saturated carbocycles. The van der Waals surface area contributed by atoms with Gasteiger partial charge in [0, 0.05) is 78.2 Å². The summed E-state index contributed by atoms with van der Waals surface area (Å²) in [5.41, 5.74) is 0. The zero-order valence-corrected chi connectivity index (χ0v) is 40.3. The summed E-state index contributed by atoms with van der Waals surface area (Å²) in [4.78, 5) is 0. The largest absolute Gasteiger partial charge is 0.506 e. The molecule has 3 aliphatic rings. The van der Waals surface area contributed by atoms with E-state index in [4.69, 9.17) is 37.9 Å². The van der Waals surface area contributed by atoms with Gasteiger partial charge in [-0.3, -0.25) is 0 Å². The van der Waals surface area contributed by atoms with Crippen LogP contribution in [0, 0.1) is 0 Å². The van der Waals surface area contributed by atoms with Crippen LogP contribution >= 0.6 is 0 Å². The quantitative estimate of drug-likeness (QED) is 0.0817. The maximum Gasteiger partial charge on any atom is 0.218 e. The van der Waals surface area contributed by atoms with Gasteiger partial charge in [-0.2, -0.15) is 0 Å². The molecule has 1 saturated heterocycles. The van der Waals surface area contributed by atoms with Gasteiger partial charge in [0.2, 0.25) is 37.7 Å². The molecule has 3 rings (SSSR count). The molecule has 27 N–H and O–H groups in total. The molecule has 77 heavy (non-hydrogen) atoms. The van der Waals surface area contributed by atoms with E-state index in [0.717, 1.165) is 0 Å². The van der Waals surface area contributed by atoms with Gasteiger partial charge in [0.25, 0.3) is 0 Å². The van der Waals surface area contributed by atoms with Crippen LogP contribution in [0.1, 0.15) is 38.5 Å². The molecule has 2 bridgehead atoms. The van der Waals surface area contributed by atoms with Crippen molar-refractivity contribution in [3.05, 3.63) is 69.1 Å². The predicted molar refractivity (Wildman–Crippen MR) is 242 cm³/mol. The second-order valence-corrected chi connectivity index (χ2v) is 16.4. The van der Waals surface area contributed by atoms with Gasteiger partial charge in [-0.1, -0.05) is 0 Å². The van der Waals surface area contributed by atoms with Gasteiger partial charge >= 0.3 is 0 Å². The van der Waals surface area contributed by atoms with Crippen molar-refractivity contribution < 1.29 is 176 Å². The summed E-state index contributed by atoms with van der Waals surface area (Å²) < 4.78 is 41.1. The Hall–Kier alpha value is -4.88. The van der Waals surface area contributed by atoms with Crippen molar-refractivity contribution in [2.24, 2.45) is 0 Å². The van der Waals surface area contributed by atoms with E-state index in [2.05, 4.69) is 0 Å². The number of ether oxygens (including phenoxy) is 8. The normalized spacial score (nSPS) is 39.5. The lowest BCUT2D eigenvalue weighted by Crippen LogP contribution is -2.61. The van der Waals surface area contributed by atoms with Crippen molar-refractivity contribution >= 4 is 0 Å². The van der Waals surface area contributed by atoms with Crippen molar-refractivity contribution in [3.8, 4) is 0 Å². The molecule has 0 spiro atoms. The molecule has 1 fully saturated rings. The van der Waals surface area contributed by atoms with Crippen molar-refractivity contribution in [1.29, 1.82) is 0 Å². The smallest absolute Gasteiger partial charge is 0.218 e. The number of aliphatic hydroxyl groups is 27. The Morgan fingerprint density at radius 1 is 0.247 bits per heavy atom. The Balaban J connectivity index is 2.87. The fraction of sp³-hybridized carbons (Fsp3) is 0.714. The third-order valence-corrected chi connectivity index (χ3v) is 11.0. The summed E-state index contributed by atoms with van der Waals surface area (Å²) >= 11 is 0. The van der Waals surface area contributed by atoms with Gasteiger partial charge < -0.3 is 176 Å². The van der Waals surface area contributed by atoms with Gasteiger partial charge in [0.15, 0.2) is 75.4 Å². The first kappa shape index (κ1) is 68.2. The van der Waals surface area contributed by atoms with Crippen LogP contribution in [0.15, 0.2) is 69.1 Å². The lowest BCUT2D eigenvalue weighted by Gasteiger charge is -2.43. The Bertz CT molecular complexity index is 1990. The van der Waals surface area contributed by atoms with E-state index in [1.165, 1.54) is 0 Å². The molecule has 3 aliphatic heterocycles. The summed E-state index contributed by atoms with van der Waals surface area (Å²) in [7, 11) is 0. The fourth-order valence-corrected chi connectivity index (χ4v) is 6.88. The molecule has 0 amide bonds. The number of rotatable bonds is 13. The highest BCUT2D eigenvalue weighted by atomic mass is 16.7. The minimum atomic E-state index is -2.86. The lowest BCUT2D eigenvalue weighted by atomic mass is 9.98. The number of aliphatic hydroxyl groups excluding tert-OH is 27. The minimum absolute atomic E-state index is 0.762. The zero-order chi connectivity index (χ0) is 58.6. The first-order valence-corrected chi connectivity index (χ1v) is 22.9. The third kappa shape index (κ3) is 18.6. The van der Waals surface area contributed by atoms with E-state index in [9.17, 15) is 138 Å². The Morgan fingerprint density at radius 2 is 0.455 bits per heavy atom. The van der Waals surface area contributed by atoms with Crippen LogP contribution in [0.4, 0.5) is 0 Å². The van der Waals surface area contributed by atoms with Gasteiger partial charge in [0.05, 0.1) is 6.61 Å². The number of hydrogen-bond donors (Lipinski definition) is 27. The van der Waals surface area contributed by atoms with Gasteiger partial charge in [-0.25, -0.2) is 0 Å². The third-order valence-electron chi connectivity index (χ3n) is 11.0. The highest BCUT2D eigenvalue weighted by molar-refractivity contribution is 5.15. The fourth-order valence-electron chi connectivity index (χ4n) is 6.88. The molecule has 448 valence electrons. The van der Waals surface area contributed by atoms with E-state index >= 15 is 0 Å². The second kappa shape index (κ2) is 32.9. The van der Waals surface area contributed by atoms with Crippen LogP contribution in [0.5, 0.6) is 0 Å². The molecule has 17 atom stereocenters. The molecule has 35 heteroatoms. The van der Waals surface area contributed by atoms with Crippen LogP contribution in [-0.2, 0) is 37.9 Å². The maximum absolute atomic E-state index is 11.0. The molecule has 0 aliphatic carbocycles. The van der Waals surface area contributed by atoms with Crippen LogP contribution in [0.25, 0.3) is 0 Å². The summed E-state index contributed by atoms with van der Waals surface area (Å²) in [6.07, 6.45) is -46.2. The first-order chi connectivity index (χ1) is 36.2. The Morgan fingerprint density at radius 3 is 0.662 bits per heavy atom. The number of fused-ring (bicyclic) bond motifs is 26. The number of hydrogen-bond acceptors (Lipinski definition) is 35. The molecular weight excluding hydrogens is 1060 g/mol. The minimum Gasteiger partial charge on any atom is -0.506 e. The van der Waals surface area contributed by atoms with Gasteiger partial charge in [0.1, 0.15) is 61.0 Å². The van der Waals surface area contributed by atoms with Crippen molar-refractivity contribution in [3.63, 3.8) is 0 Å². The molecule has 0 radical (unpaired) electrons. The molecule has 17 unspecified atom stereocenters. The summed E-state index contributed by atoms with van der Waals surface area (Å²) in [6, 6.07) is 0. The molecular formula is C42H70O35. The van der Waals surface area contributed by atoms with E-state index in [0.29, 0.717) is 0 Å². The van der Waals surface area contributed by atoms with Crippen LogP contribution < -0.4 is 0 Å². The van der Waals surface area contributed by atoms with Gasteiger partial charge in [-0.15, -0.1) is 0 Å². The standard InChI is InChI=1S/C42H70O35/c43-7-1-14-21(50)29(58)37(65)72-16(3-9-45)23(52)31(60)39(67)74-18(5-11-47)25(54)33(62)41(69)77-35-20(13-49)76-42(34(63)27(35)56)75-19(6-12-48)26(55)32(61)40(68)73-17(4-10-46)24(53)30(59)38(66)71-15(2-8-44)22(51)28(57)36(64)70-14/h14-20,27,34-69H,1-13H2/b28-22+,29-21-,30-24+,31-23?,32-26-,33-25+. The second-order valence-electron chi connectivity index (χ2n) is 16.4. The van der Waals surface area contributed by atoms with E-state index in [1.54, 1.807) is 0 Å². The van der Waals surface area contributed by atoms with E-state index < -0.39 is 259 Å². The maximum atomic E-state index is 11.0. The summed E-state index contributed by atoms with van der Waals surface area (Å²) in [5, 5.41) is 284. The molecule has 0 aromatic heterocycles.